The van der Waals surface area contributed by atoms with Gasteiger partial charge in [0.25, 0.3) is 5.22 Å². The number of carbonyl (C=O) groups excluding carboxylic acids is 1. The van der Waals surface area contributed by atoms with Gasteiger partial charge in [-0.25, -0.2) is 4.98 Å². The van der Waals surface area contributed by atoms with E-state index >= 15 is 0 Å². The number of ether oxygens (including phenoxy) is 1. The van der Waals surface area contributed by atoms with Gasteiger partial charge >= 0.3 is 5.97 Å². The zero-order valence-electron chi connectivity index (χ0n) is 14.5. The molecule has 4 rings (SSSR count). The van der Waals surface area contributed by atoms with Gasteiger partial charge in [-0.3, -0.25) is 4.79 Å². The monoisotopic (exact) mass is 375 g/mol. The van der Waals surface area contributed by atoms with Crippen LogP contribution in [0.15, 0.2) is 88.5 Å². The minimum absolute atomic E-state index is 0.162. The maximum atomic E-state index is 12.0. The van der Waals surface area contributed by atoms with Crippen molar-refractivity contribution in [1.29, 1.82) is 0 Å². The van der Waals surface area contributed by atoms with Crippen LogP contribution in [-0.2, 0) is 16.1 Å². The number of esters is 1. The van der Waals surface area contributed by atoms with Crippen molar-refractivity contribution >= 4 is 28.8 Å². The Bertz CT molecular complexity index is 1010. The molecule has 0 aliphatic carbocycles. The molecule has 0 N–H and O–H groups in total. The van der Waals surface area contributed by atoms with Crippen LogP contribution in [0.3, 0.4) is 0 Å². The molecule has 0 saturated heterocycles. The predicted molar refractivity (Wildman–Crippen MR) is 106 cm³/mol. The molecule has 0 spiro atoms. The van der Waals surface area contributed by atoms with Gasteiger partial charge in [0.05, 0.1) is 0 Å². The second-order valence-electron chi connectivity index (χ2n) is 5.96. The zero-order chi connectivity index (χ0) is 18.5. The average molecular weight is 375 g/mol. The summed E-state index contributed by atoms with van der Waals surface area (Å²) in [5, 5.41) is 0.473. The highest BCUT2D eigenvalue weighted by molar-refractivity contribution is 7.99. The van der Waals surface area contributed by atoms with E-state index in [1.807, 2.05) is 66.7 Å². The molecule has 0 atom stereocenters. The highest BCUT2D eigenvalue weighted by Crippen LogP contribution is 2.23. The van der Waals surface area contributed by atoms with Crippen LogP contribution in [0.1, 0.15) is 5.56 Å². The van der Waals surface area contributed by atoms with Gasteiger partial charge in [0, 0.05) is 0 Å². The Morgan fingerprint density at radius 2 is 1.59 bits per heavy atom. The molecule has 0 amide bonds. The second-order valence-corrected chi connectivity index (χ2v) is 6.89. The van der Waals surface area contributed by atoms with Crippen LogP contribution in [-0.4, -0.2) is 16.7 Å². The third-order valence-corrected chi connectivity index (χ3v) is 4.85. The van der Waals surface area contributed by atoms with E-state index < -0.39 is 0 Å². The molecule has 1 heterocycles. The van der Waals surface area contributed by atoms with E-state index in [1.165, 1.54) is 11.8 Å². The van der Waals surface area contributed by atoms with Gasteiger partial charge in [-0.2, -0.15) is 0 Å². The summed E-state index contributed by atoms with van der Waals surface area (Å²) in [4.78, 5) is 16.3. The lowest BCUT2D eigenvalue weighted by Crippen LogP contribution is -2.07. The molecule has 0 aliphatic heterocycles. The third kappa shape index (κ3) is 4.38. The summed E-state index contributed by atoms with van der Waals surface area (Å²) in [6.07, 6.45) is 0. The van der Waals surface area contributed by atoms with Crippen molar-refractivity contribution in [1.82, 2.24) is 4.98 Å². The number of hydrogen-bond acceptors (Lipinski definition) is 5. The Labute approximate surface area is 161 Å². The smallest absolute Gasteiger partial charge is 0.316 e. The van der Waals surface area contributed by atoms with E-state index in [0.29, 0.717) is 10.8 Å². The fourth-order valence-corrected chi connectivity index (χ4v) is 3.30. The molecule has 0 fully saturated rings. The molecular weight excluding hydrogens is 358 g/mol. The Balaban J connectivity index is 1.28. The SMILES string of the molecule is O=C(CSc1nc2ccccc2o1)OCc1ccc(-c2ccccc2)cc1. The van der Waals surface area contributed by atoms with Crippen molar-refractivity contribution in [2.24, 2.45) is 0 Å². The molecule has 4 nitrogen and oxygen atoms in total. The van der Waals surface area contributed by atoms with Crippen LogP contribution in [0, 0.1) is 0 Å². The maximum Gasteiger partial charge on any atom is 0.316 e. The quantitative estimate of drug-likeness (QED) is 0.337. The van der Waals surface area contributed by atoms with Gasteiger partial charge < -0.3 is 9.15 Å². The maximum absolute atomic E-state index is 12.0. The molecule has 4 aromatic rings. The molecule has 0 aliphatic rings. The number of oxazole rings is 1. The zero-order valence-corrected chi connectivity index (χ0v) is 15.3. The standard InChI is InChI=1S/C22H17NO3S/c24-21(15-27-22-23-19-8-4-5-9-20(19)26-22)25-14-16-10-12-18(13-11-16)17-6-2-1-3-7-17/h1-13H,14-15H2. The number of nitrogens with zero attached hydrogens (tertiary/aromatic N) is 1. The van der Waals surface area contributed by atoms with Crippen LogP contribution < -0.4 is 0 Å². The minimum atomic E-state index is -0.297. The molecule has 3 aromatic carbocycles. The van der Waals surface area contributed by atoms with Gasteiger partial charge in [-0.05, 0) is 28.8 Å². The van der Waals surface area contributed by atoms with E-state index in [2.05, 4.69) is 17.1 Å². The van der Waals surface area contributed by atoms with E-state index in [0.717, 1.165) is 22.2 Å². The first-order chi connectivity index (χ1) is 13.3. The summed E-state index contributed by atoms with van der Waals surface area (Å²) in [5.74, 6) is -0.135. The van der Waals surface area contributed by atoms with E-state index in [4.69, 9.17) is 9.15 Å². The molecule has 0 saturated carbocycles. The Morgan fingerprint density at radius 1 is 0.889 bits per heavy atom. The van der Waals surface area contributed by atoms with Crippen molar-refractivity contribution < 1.29 is 13.9 Å². The Hall–Kier alpha value is -3.05. The molecule has 0 radical (unpaired) electrons. The highest BCUT2D eigenvalue weighted by atomic mass is 32.2. The third-order valence-electron chi connectivity index (χ3n) is 4.05. The van der Waals surface area contributed by atoms with E-state index in [-0.39, 0.29) is 18.3 Å². The molecular formula is C22H17NO3S. The van der Waals surface area contributed by atoms with E-state index in [1.54, 1.807) is 0 Å². The number of thioether (sulfide) groups is 1. The summed E-state index contributed by atoms with van der Waals surface area (Å²) < 4.78 is 10.9. The molecule has 134 valence electrons. The van der Waals surface area contributed by atoms with Crippen molar-refractivity contribution in [2.45, 2.75) is 11.8 Å². The molecule has 0 unspecified atom stereocenters. The largest absolute Gasteiger partial charge is 0.460 e. The molecule has 0 bridgehead atoms. The predicted octanol–water partition coefficient (Wildman–Crippen LogP) is 5.33. The number of carbonyl (C=O) groups is 1. The van der Waals surface area contributed by atoms with Crippen molar-refractivity contribution in [2.75, 3.05) is 5.75 Å². The summed E-state index contributed by atoms with van der Waals surface area (Å²) in [6.45, 7) is 0.252. The lowest BCUT2D eigenvalue weighted by atomic mass is 10.0. The van der Waals surface area contributed by atoms with Crippen LogP contribution in [0.5, 0.6) is 0 Å². The van der Waals surface area contributed by atoms with Gasteiger partial charge in [0.15, 0.2) is 5.58 Å². The normalized spacial score (nSPS) is 10.8. The summed E-state index contributed by atoms with van der Waals surface area (Å²) in [7, 11) is 0. The lowest BCUT2D eigenvalue weighted by molar-refractivity contribution is -0.141. The molecule has 1 aromatic heterocycles. The van der Waals surface area contributed by atoms with Crippen molar-refractivity contribution in [3.8, 4) is 11.1 Å². The van der Waals surface area contributed by atoms with Crippen LogP contribution in [0.2, 0.25) is 0 Å². The number of para-hydroxylation sites is 2. The topological polar surface area (TPSA) is 52.3 Å². The summed E-state index contributed by atoms with van der Waals surface area (Å²) in [5.41, 5.74) is 4.75. The first-order valence-corrected chi connectivity index (χ1v) is 9.55. The van der Waals surface area contributed by atoms with Gasteiger partial charge in [-0.15, -0.1) is 0 Å². The van der Waals surface area contributed by atoms with Gasteiger partial charge in [-0.1, -0.05) is 78.5 Å². The minimum Gasteiger partial charge on any atom is -0.460 e. The molecule has 27 heavy (non-hydrogen) atoms. The van der Waals surface area contributed by atoms with Crippen LogP contribution in [0.25, 0.3) is 22.2 Å². The second kappa shape index (κ2) is 8.10. The van der Waals surface area contributed by atoms with Crippen LogP contribution >= 0.6 is 11.8 Å². The fraction of sp³-hybridized carbons (Fsp3) is 0.0909. The number of fused-ring (bicyclic) bond motifs is 1. The highest BCUT2D eigenvalue weighted by Gasteiger charge is 2.10. The van der Waals surface area contributed by atoms with Gasteiger partial charge in [0.2, 0.25) is 0 Å². The van der Waals surface area contributed by atoms with Crippen LogP contribution in [0.4, 0.5) is 0 Å². The fourth-order valence-electron chi connectivity index (χ4n) is 2.66. The number of aromatic nitrogens is 1. The Morgan fingerprint density at radius 3 is 2.37 bits per heavy atom. The number of benzene rings is 3. The molecule has 5 heteroatoms. The first kappa shape index (κ1) is 17.4. The first-order valence-electron chi connectivity index (χ1n) is 8.56. The lowest BCUT2D eigenvalue weighted by Gasteiger charge is -2.06. The Kier molecular flexibility index (Phi) is 5.21. The summed E-state index contributed by atoms with van der Waals surface area (Å²) in [6, 6.07) is 25.7. The average Bonchev–Trinajstić information content (AvgIpc) is 3.15. The number of rotatable bonds is 6. The van der Waals surface area contributed by atoms with Crippen molar-refractivity contribution in [3.05, 3.63) is 84.4 Å². The summed E-state index contributed by atoms with van der Waals surface area (Å²) >= 11 is 1.24. The number of hydrogen-bond donors (Lipinski definition) is 0. The van der Waals surface area contributed by atoms with Gasteiger partial charge in [0.1, 0.15) is 17.9 Å². The van der Waals surface area contributed by atoms with E-state index in [9.17, 15) is 4.79 Å². The van der Waals surface area contributed by atoms with Crippen molar-refractivity contribution in [3.63, 3.8) is 0 Å².